The van der Waals surface area contributed by atoms with Crippen LogP contribution in [0.15, 0.2) is 24.3 Å². The Morgan fingerprint density at radius 3 is 2.76 bits per heavy atom. The molecule has 0 spiro atoms. The quantitative estimate of drug-likeness (QED) is 0.254. The second kappa shape index (κ2) is 12.4. The fourth-order valence-electron chi connectivity index (χ4n) is 5.08. The van der Waals surface area contributed by atoms with Gasteiger partial charge in [-0.25, -0.2) is 4.98 Å². The molecule has 1 fully saturated rings. The molecule has 0 saturated carbocycles. The molecule has 0 aliphatic carbocycles. The lowest BCUT2D eigenvalue weighted by atomic mass is 9.72. The van der Waals surface area contributed by atoms with E-state index in [1.165, 1.54) is 18.4 Å². The number of nitrogens with one attached hydrogen (secondary N) is 2. The molecule has 2 aliphatic heterocycles. The highest BCUT2D eigenvalue weighted by Crippen LogP contribution is 2.41. The number of hydrogen-bond donors (Lipinski definition) is 2. The molecule has 1 saturated heterocycles. The first-order valence-electron chi connectivity index (χ1n) is 13.2. The van der Waals surface area contributed by atoms with E-state index in [0.29, 0.717) is 40.3 Å². The standard InChI is InChI=1S/C27H29BF3N4O6S/c1-14-8-15(11-38-2)35(14)26-34-18-4-5-20(39-3)22(23(18)42-26)25(37)33-19-10-21-17(28-13-41-21)9-16(19)24(36)32-6-7-40-12-27(29,30)31/h4-5,9-10,14-15H,6-8,11-13H2,1-3H3,(H,32,36)(H,33,37). The number of fused-ring (bicyclic) bond motifs is 2. The lowest BCUT2D eigenvalue weighted by Crippen LogP contribution is -2.56. The number of hydrogen-bond acceptors (Lipinski definition) is 9. The number of carbonyl (C=O) groups excluding carboxylic acids is 2. The molecule has 2 aliphatic rings. The van der Waals surface area contributed by atoms with Crippen LogP contribution in [0.4, 0.5) is 24.0 Å². The summed E-state index contributed by atoms with van der Waals surface area (Å²) in [6, 6.07) is 7.03. The zero-order chi connectivity index (χ0) is 30.0. The predicted molar refractivity (Wildman–Crippen MR) is 153 cm³/mol. The van der Waals surface area contributed by atoms with Crippen molar-refractivity contribution in [3.63, 3.8) is 0 Å². The summed E-state index contributed by atoms with van der Waals surface area (Å²) in [4.78, 5) is 33.8. The van der Waals surface area contributed by atoms with E-state index in [1.807, 2.05) is 0 Å². The smallest absolute Gasteiger partial charge is 0.411 e. The third kappa shape index (κ3) is 6.27. The number of ether oxygens (including phenoxy) is 4. The van der Waals surface area contributed by atoms with Gasteiger partial charge in [0.1, 0.15) is 23.7 Å². The zero-order valence-electron chi connectivity index (χ0n) is 23.2. The van der Waals surface area contributed by atoms with Gasteiger partial charge in [-0.15, -0.1) is 0 Å². The number of alkyl halides is 3. The number of rotatable bonds is 11. The topological polar surface area (TPSA) is 111 Å². The maximum atomic E-state index is 13.8. The van der Waals surface area contributed by atoms with Crippen molar-refractivity contribution in [3.8, 4) is 11.5 Å². The van der Waals surface area contributed by atoms with Gasteiger partial charge < -0.3 is 34.5 Å². The van der Waals surface area contributed by atoms with Gasteiger partial charge >= 0.3 is 6.18 Å². The van der Waals surface area contributed by atoms with E-state index >= 15 is 0 Å². The molecule has 2 amide bonds. The summed E-state index contributed by atoms with van der Waals surface area (Å²) in [5.74, 6) is -0.303. The first kappa shape index (κ1) is 29.9. The molecule has 15 heteroatoms. The molecule has 42 heavy (non-hydrogen) atoms. The number of benzene rings is 2. The molecule has 3 aromatic rings. The monoisotopic (exact) mass is 605 g/mol. The summed E-state index contributed by atoms with van der Waals surface area (Å²) < 4.78 is 58.7. The Kier molecular flexibility index (Phi) is 8.80. The number of thiazole rings is 1. The number of methoxy groups -OCH3 is 2. The third-order valence-corrected chi connectivity index (χ3v) is 8.10. The maximum absolute atomic E-state index is 13.8. The Labute approximate surface area is 244 Å². The Balaban J connectivity index is 1.41. The lowest BCUT2D eigenvalue weighted by molar-refractivity contribution is -0.173. The number of anilines is 2. The molecule has 2 N–H and O–H groups in total. The minimum atomic E-state index is -4.46. The van der Waals surface area contributed by atoms with E-state index in [9.17, 15) is 22.8 Å². The summed E-state index contributed by atoms with van der Waals surface area (Å²) in [6.45, 7) is 1.07. The molecule has 3 heterocycles. The van der Waals surface area contributed by atoms with Gasteiger partial charge in [-0.1, -0.05) is 11.3 Å². The number of carbonyl (C=O) groups is 2. The van der Waals surface area contributed by atoms with Gasteiger partial charge in [-0.05, 0) is 37.0 Å². The lowest BCUT2D eigenvalue weighted by Gasteiger charge is -2.46. The summed E-state index contributed by atoms with van der Waals surface area (Å²) in [5.41, 5.74) is 1.83. The second-order valence-electron chi connectivity index (χ2n) is 9.92. The van der Waals surface area contributed by atoms with Crippen LogP contribution in [0.3, 0.4) is 0 Å². The minimum absolute atomic E-state index is 0.118. The van der Waals surface area contributed by atoms with Crippen LogP contribution in [0.5, 0.6) is 11.5 Å². The highest BCUT2D eigenvalue weighted by atomic mass is 32.1. The fourth-order valence-corrected chi connectivity index (χ4v) is 6.36. The number of nitrogens with zero attached hydrogens (tertiary/aromatic N) is 2. The van der Waals surface area contributed by atoms with Crippen LogP contribution in [0, 0.1) is 0 Å². The molecule has 0 bridgehead atoms. The highest BCUT2D eigenvalue weighted by Gasteiger charge is 2.37. The normalized spacial score (nSPS) is 17.7. The van der Waals surface area contributed by atoms with Gasteiger partial charge in [0.05, 0.1) is 54.3 Å². The van der Waals surface area contributed by atoms with E-state index in [2.05, 4.69) is 27.2 Å². The molecule has 1 aromatic heterocycles. The molecule has 223 valence electrons. The van der Waals surface area contributed by atoms with Crippen molar-refractivity contribution in [2.24, 2.45) is 0 Å². The van der Waals surface area contributed by atoms with Gasteiger partial charge in [-0.3, -0.25) is 9.59 Å². The van der Waals surface area contributed by atoms with Gasteiger partial charge in [0, 0.05) is 25.8 Å². The van der Waals surface area contributed by atoms with Crippen LogP contribution in [-0.2, 0) is 9.47 Å². The Morgan fingerprint density at radius 1 is 1.24 bits per heavy atom. The summed E-state index contributed by atoms with van der Waals surface area (Å²) in [5, 5.41) is 6.13. The molecular weight excluding hydrogens is 576 g/mol. The van der Waals surface area contributed by atoms with Gasteiger partial charge in [0.15, 0.2) is 5.13 Å². The number of amides is 2. The molecule has 2 aromatic carbocycles. The van der Waals surface area contributed by atoms with Crippen molar-refractivity contribution in [3.05, 3.63) is 35.4 Å². The van der Waals surface area contributed by atoms with E-state index in [0.717, 1.165) is 11.6 Å². The molecular formula is C27H29BF3N4O6S. The Morgan fingerprint density at radius 2 is 2.05 bits per heavy atom. The molecule has 1 radical (unpaired) electrons. The second-order valence-corrected chi connectivity index (χ2v) is 10.9. The Hall–Kier alpha value is -3.56. The predicted octanol–water partition coefficient (Wildman–Crippen LogP) is 3.16. The van der Waals surface area contributed by atoms with E-state index in [1.54, 1.807) is 38.7 Å². The van der Waals surface area contributed by atoms with Crippen LogP contribution in [-0.4, -0.2) is 89.4 Å². The SMILES string of the molecule is COCC1CC(C)N1c1nc2ccc(OC)c(C(=O)Nc3cc4c(cc3C(=O)NCCOCC(F)(F)F)[B]CO4)c2s1. The zero-order valence-corrected chi connectivity index (χ0v) is 24.0. The first-order chi connectivity index (χ1) is 20.1. The fraction of sp³-hybridized carbons (Fsp3) is 0.444. The average Bonchev–Trinajstić information content (AvgIpc) is 3.56. The van der Waals surface area contributed by atoms with Crippen molar-refractivity contribution in [2.45, 2.75) is 31.6 Å². The van der Waals surface area contributed by atoms with Crippen LogP contribution < -0.4 is 30.5 Å². The van der Waals surface area contributed by atoms with Gasteiger partial charge in [0.2, 0.25) is 7.28 Å². The third-order valence-electron chi connectivity index (χ3n) is 7.00. The van der Waals surface area contributed by atoms with Crippen LogP contribution >= 0.6 is 11.3 Å². The van der Waals surface area contributed by atoms with Crippen LogP contribution in [0.1, 0.15) is 34.1 Å². The number of halogens is 3. The largest absolute Gasteiger partial charge is 0.503 e. The van der Waals surface area contributed by atoms with E-state index in [4.69, 9.17) is 19.2 Å². The number of aromatic nitrogens is 1. The highest BCUT2D eigenvalue weighted by molar-refractivity contribution is 7.22. The maximum Gasteiger partial charge on any atom is 0.411 e. The first-order valence-corrected chi connectivity index (χ1v) is 14.0. The van der Waals surface area contributed by atoms with E-state index < -0.39 is 24.6 Å². The van der Waals surface area contributed by atoms with E-state index in [-0.39, 0.29) is 42.0 Å². The molecule has 2 unspecified atom stereocenters. The summed E-state index contributed by atoms with van der Waals surface area (Å²) >= 11 is 1.37. The summed E-state index contributed by atoms with van der Waals surface area (Å²) in [6.07, 6.45) is -3.49. The van der Waals surface area contributed by atoms with Gasteiger partial charge in [-0.2, -0.15) is 13.2 Å². The molecule has 5 rings (SSSR count). The van der Waals surface area contributed by atoms with Crippen molar-refractivity contribution in [2.75, 3.05) is 57.3 Å². The molecule has 2 atom stereocenters. The summed E-state index contributed by atoms with van der Waals surface area (Å²) in [7, 11) is 4.90. The van der Waals surface area contributed by atoms with Crippen LogP contribution in [0.2, 0.25) is 0 Å². The Bertz CT molecular complexity index is 1480. The van der Waals surface area contributed by atoms with Gasteiger partial charge in [0.25, 0.3) is 11.8 Å². The average molecular weight is 605 g/mol. The van der Waals surface area contributed by atoms with Crippen molar-refractivity contribution in [1.82, 2.24) is 10.3 Å². The van der Waals surface area contributed by atoms with Crippen molar-refractivity contribution < 1.29 is 41.7 Å². The minimum Gasteiger partial charge on any atom is -0.503 e. The van der Waals surface area contributed by atoms with Crippen LogP contribution in [0.25, 0.3) is 10.2 Å². The van der Waals surface area contributed by atoms with Crippen molar-refractivity contribution >= 4 is 56.9 Å². The van der Waals surface area contributed by atoms with Crippen molar-refractivity contribution in [1.29, 1.82) is 0 Å². The molecule has 10 nitrogen and oxygen atoms in total.